The second kappa shape index (κ2) is 5.41. The molecule has 1 rings (SSSR count). The summed E-state index contributed by atoms with van der Waals surface area (Å²) in [6, 6.07) is 8.09. The van der Waals surface area contributed by atoms with Crippen LogP contribution in [-0.2, 0) is 10.2 Å². The lowest BCUT2D eigenvalue weighted by atomic mass is 9.84. The molecule has 0 amide bonds. The topological polar surface area (TPSA) is 49.3 Å². The Balaban J connectivity index is 2.80. The van der Waals surface area contributed by atoms with Crippen LogP contribution >= 0.6 is 15.9 Å². The van der Waals surface area contributed by atoms with E-state index >= 15 is 0 Å². The van der Waals surface area contributed by atoms with Gasteiger partial charge in [0.25, 0.3) is 0 Å². The Labute approximate surface area is 117 Å². The summed E-state index contributed by atoms with van der Waals surface area (Å²) < 4.78 is 1.03. The Morgan fingerprint density at radius 1 is 1.33 bits per heavy atom. The fraction of sp³-hybridized carbons (Fsp3) is 0.500. The van der Waals surface area contributed by atoms with Crippen LogP contribution in [0.1, 0.15) is 33.3 Å². The zero-order chi connectivity index (χ0) is 14.0. The van der Waals surface area contributed by atoms with E-state index < -0.39 is 11.5 Å². The molecule has 0 atom stereocenters. The monoisotopic (exact) mass is 313 g/mol. The lowest BCUT2D eigenvalue weighted by molar-refractivity contribution is -0.143. The summed E-state index contributed by atoms with van der Waals surface area (Å²) in [5.41, 5.74) is 0.130. The summed E-state index contributed by atoms with van der Waals surface area (Å²) in [4.78, 5) is 11.1. The van der Waals surface area contributed by atoms with E-state index in [0.29, 0.717) is 6.54 Å². The highest BCUT2D eigenvalue weighted by atomic mass is 79.9. The molecular formula is C14H20BrNO2. The van der Waals surface area contributed by atoms with Gasteiger partial charge in [-0.1, -0.05) is 41.9 Å². The predicted molar refractivity (Wildman–Crippen MR) is 76.9 cm³/mol. The minimum atomic E-state index is -0.913. The third-order valence-corrected chi connectivity index (χ3v) is 3.61. The Bertz CT molecular complexity index is 441. The van der Waals surface area contributed by atoms with Gasteiger partial charge >= 0.3 is 5.97 Å². The zero-order valence-corrected chi connectivity index (χ0v) is 12.8. The molecule has 0 saturated heterocycles. The van der Waals surface area contributed by atoms with Crippen LogP contribution < -0.4 is 5.32 Å². The van der Waals surface area contributed by atoms with Crippen molar-refractivity contribution in [1.29, 1.82) is 0 Å². The van der Waals surface area contributed by atoms with Crippen LogP contribution in [0.4, 0.5) is 0 Å². The quantitative estimate of drug-likeness (QED) is 0.877. The van der Waals surface area contributed by atoms with E-state index in [4.69, 9.17) is 5.11 Å². The normalized spacial score (nSPS) is 12.5. The minimum absolute atomic E-state index is 0.128. The lowest BCUT2D eigenvalue weighted by Gasteiger charge is -2.30. The van der Waals surface area contributed by atoms with Crippen LogP contribution in [0.2, 0.25) is 0 Å². The molecule has 0 bridgehead atoms. The molecule has 0 aromatic heterocycles. The van der Waals surface area contributed by atoms with Crippen molar-refractivity contribution < 1.29 is 9.90 Å². The van der Waals surface area contributed by atoms with Gasteiger partial charge in [-0.05, 0) is 31.5 Å². The second-order valence-electron chi connectivity index (χ2n) is 5.68. The maximum absolute atomic E-state index is 11.1. The molecular weight excluding hydrogens is 294 g/mol. The standard InChI is InChI=1S/C14H20BrNO2/c1-13(2,9-16-14(3,4)12(17)18)10-6-5-7-11(15)8-10/h5-8,16H,9H2,1-4H3,(H,17,18). The highest BCUT2D eigenvalue weighted by Crippen LogP contribution is 2.25. The number of carboxylic acid groups (broad SMARTS) is 1. The van der Waals surface area contributed by atoms with Gasteiger partial charge in [-0.15, -0.1) is 0 Å². The first-order chi connectivity index (χ1) is 8.15. The molecule has 0 saturated carbocycles. The third-order valence-electron chi connectivity index (χ3n) is 3.11. The molecule has 0 spiro atoms. The van der Waals surface area contributed by atoms with Gasteiger partial charge in [0, 0.05) is 16.4 Å². The van der Waals surface area contributed by atoms with Crippen LogP contribution in [0, 0.1) is 0 Å². The summed E-state index contributed by atoms with van der Waals surface area (Å²) in [6.45, 7) is 8.14. The molecule has 0 unspecified atom stereocenters. The average molecular weight is 314 g/mol. The molecule has 18 heavy (non-hydrogen) atoms. The second-order valence-corrected chi connectivity index (χ2v) is 6.59. The number of nitrogens with one attached hydrogen (secondary N) is 1. The zero-order valence-electron chi connectivity index (χ0n) is 11.2. The molecule has 2 N–H and O–H groups in total. The van der Waals surface area contributed by atoms with Gasteiger partial charge in [0.1, 0.15) is 5.54 Å². The van der Waals surface area contributed by atoms with Gasteiger partial charge in [-0.3, -0.25) is 4.79 Å². The van der Waals surface area contributed by atoms with Gasteiger partial charge in [-0.2, -0.15) is 0 Å². The lowest BCUT2D eigenvalue weighted by Crippen LogP contribution is -2.50. The van der Waals surface area contributed by atoms with Crippen molar-refractivity contribution in [3.63, 3.8) is 0 Å². The van der Waals surface area contributed by atoms with E-state index in [1.807, 2.05) is 12.1 Å². The van der Waals surface area contributed by atoms with Gasteiger partial charge in [0.05, 0.1) is 0 Å². The van der Waals surface area contributed by atoms with E-state index in [2.05, 4.69) is 47.2 Å². The summed E-state index contributed by atoms with van der Waals surface area (Å²) in [5, 5.41) is 12.2. The minimum Gasteiger partial charge on any atom is -0.480 e. The fourth-order valence-corrected chi connectivity index (χ4v) is 1.93. The van der Waals surface area contributed by atoms with Crippen molar-refractivity contribution in [2.45, 2.75) is 38.6 Å². The van der Waals surface area contributed by atoms with E-state index in [1.54, 1.807) is 13.8 Å². The van der Waals surface area contributed by atoms with E-state index in [0.717, 1.165) is 4.47 Å². The molecule has 0 aliphatic heterocycles. The molecule has 1 aromatic carbocycles. The molecule has 1 aromatic rings. The molecule has 0 aliphatic carbocycles. The summed E-state index contributed by atoms with van der Waals surface area (Å²) >= 11 is 3.45. The Morgan fingerprint density at radius 3 is 2.44 bits per heavy atom. The van der Waals surface area contributed by atoms with Crippen molar-refractivity contribution in [1.82, 2.24) is 5.32 Å². The van der Waals surface area contributed by atoms with Crippen molar-refractivity contribution in [3.05, 3.63) is 34.3 Å². The predicted octanol–water partition coefficient (Wildman–Crippen LogP) is 3.18. The van der Waals surface area contributed by atoms with Crippen LogP contribution in [0.3, 0.4) is 0 Å². The maximum atomic E-state index is 11.1. The van der Waals surface area contributed by atoms with E-state index in [1.165, 1.54) is 5.56 Å². The number of aliphatic carboxylic acids is 1. The average Bonchev–Trinajstić information content (AvgIpc) is 2.26. The number of carbonyl (C=O) groups is 1. The Kier molecular flexibility index (Phi) is 4.56. The van der Waals surface area contributed by atoms with Crippen LogP contribution in [0.5, 0.6) is 0 Å². The number of halogens is 1. The van der Waals surface area contributed by atoms with Gasteiger partial charge < -0.3 is 10.4 Å². The van der Waals surface area contributed by atoms with Crippen molar-refractivity contribution in [2.75, 3.05) is 6.54 Å². The molecule has 100 valence electrons. The first-order valence-corrected chi connectivity index (χ1v) is 6.69. The number of hydrogen-bond acceptors (Lipinski definition) is 2. The molecule has 4 heteroatoms. The number of hydrogen-bond donors (Lipinski definition) is 2. The van der Waals surface area contributed by atoms with Crippen LogP contribution in [0.15, 0.2) is 28.7 Å². The van der Waals surface area contributed by atoms with Gasteiger partial charge in [0.2, 0.25) is 0 Å². The highest BCUT2D eigenvalue weighted by molar-refractivity contribution is 9.10. The summed E-state index contributed by atoms with van der Waals surface area (Å²) in [5.74, 6) is -0.840. The highest BCUT2D eigenvalue weighted by Gasteiger charge is 2.30. The Hall–Kier alpha value is -0.870. The van der Waals surface area contributed by atoms with Crippen molar-refractivity contribution >= 4 is 21.9 Å². The van der Waals surface area contributed by atoms with Gasteiger partial charge in [-0.25, -0.2) is 0 Å². The summed E-state index contributed by atoms with van der Waals surface area (Å²) in [7, 11) is 0. The van der Waals surface area contributed by atoms with Crippen LogP contribution in [-0.4, -0.2) is 23.2 Å². The molecule has 0 heterocycles. The smallest absolute Gasteiger partial charge is 0.323 e. The first-order valence-electron chi connectivity index (χ1n) is 5.90. The number of rotatable bonds is 5. The largest absolute Gasteiger partial charge is 0.480 e. The maximum Gasteiger partial charge on any atom is 0.323 e. The molecule has 0 aliphatic rings. The van der Waals surface area contributed by atoms with Crippen LogP contribution in [0.25, 0.3) is 0 Å². The third kappa shape index (κ3) is 3.82. The molecule has 3 nitrogen and oxygen atoms in total. The van der Waals surface area contributed by atoms with E-state index in [-0.39, 0.29) is 5.41 Å². The van der Waals surface area contributed by atoms with Crippen molar-refractivity contribution in [3.8, 4) is 0 Å². The Morgan fingerprint density at radius 2 is 1.94 bits per heavy atom. The summed E-state index contributed by atoms with van der Waals surface area (Å²) in [6.07, 6.45) is 0. The number of benzene rings is 1. The number of carboxylic acids is 1. The van der Waals surface area contributed by atoms with Gasteiger partial charge in [0.15, 0.2) is 0 Å². The SMILES string of the molecule is CC(C)(NCC(C)(C)c1cccc(Br)c1)C(=O)O. The van der Waals surface area contributed by atoms with E-state index in [9.17, 15) is 4.79 Å². The molecule has 0 fully saturated rings. The fourth-order valence-electron chi connectivity index (χ4n) is 1.53. The van der Waals surface area contributed by atoms with Crippen molar-refractivity contribution in [2.24, 2.45) is 0 Å². The first kappa shape index (κ1) is 15.2. The molecule has 0 radical (unpaired) electrons.